The van der Waals surface area contributed by atoms with Gasteiger partial charge in [-0.1, -0.05) is 42.5 Å². The Morgan fingerprint density at radius 1 is 0.756 bits per heavy atom. The molecule has 0 atom stereocenters. The molecule has 0 spiro atoms. The predicted molar refractivity (Wildman–Crippen MR) is 158 cm³/mol. The lowest BCUT2D eigenvalue weighted by Crippen LogP contribution is -2.44. The van der Waals surface area contributed by atoms with Gasteiger partial charge in [0.1, 0.15) is 0 Å². The van der Waals surface area contributed by atoms with E-state index < -0.39 is 17.3 Å². The van der Waals surface area contributed by atoms with Crippen LogP contribution in [0.2, 0.25) is 0 Å². The van der Waals surface area contributed by atoms with Crippen LogP contribution in [0.25, 0.3) is 49.4 Å². The molecule has 4 aromatic carbocycles. The van der Waals surface area contributed by atoms with Gasteiger partial charge in [0.2, 0.25) is 0 Å². The Morgan fingerprint density at radius 3 is 2.34 bits per heavy atom. The van der Waals surface area contributed by atoms with E-state index in [0.29, 0.717) is 31.7 Å². The molecule has 41 heavy (non-hydrogen) atoms. The third-order valence-corrected chi connectivity index (χ3v) is 7.80. The highest BCUT2D eigenvalue weighted by molar-refractivity contribution is 6.07. The molecule has 204 valence electrons. The maximum atomic E-state index is 14.4. The van der Waals surface area contributed by atoms with Crippen molar-refractivity contribution in [2.45, 2.75) is 6.18 Å². The summed E-state index contributed by atoms with van der Waals surface area (Å²) in [7, 11) is 0. The first-order valence-electron chi connectivity index (χ1n) is 13.5. The minimum Gasteiger partial charge on any atom is -0.368 e. The quantitative estimate of drug-likeness (QED) is 0.247. The van der Waals surface area contributed by atoms with Crippen molar-refractivity contribution in [3.63, 3.8) is 0 Å². The summed E-state index contributed by atoms with van der Waals surface area (Å²) in [4.78, 5) is 19.7. The molecule has 0 unspecified atom stereocenters. The maximum Gasteiger partial charge on any atom is 0.418 e. The van der Waals surface area contributed by atoms with Crippen LogP contribution in [0.15, 0.2) is 102 Å². The Morgan fingerprint density at radius 2 is 1.51 bits per heavy atom. The first-order valence-corrected chi connectivity index (χ1v) is 13.5. The highest BCUT2D eigenvalue weighted by Gasteiger charge is 2.36. The Labute approximate surface area is 233 Å². The summed E-state index contributed by atoms with van der Waals surface area (Å²) in [6.45, 7) is 2.19. The molecule has 1 aliphatic heterocycles. The highest BCUT2D eigenvalue weighted by Crippen LogP contribution is 2.39. The monoisotopic (exact) mass is 550 g/mol. The normalized spacial score (nSPS) is 14.3. The molecule has 0 saturated carbocycles. The van der Waals surface area contributed by atoms with Crippen LogP contribution in [-0.4, -0.2) is 35.7 Å². The third-order valence-electron chi connectivity index (χ3n) is 7.80. The summed E-state index contributed by atoms with van der Waals surface area (Å²) in [5.41, 5.74) is 2.43. The lowest BCUT2D eigenvalue weighted by Gasteiger charge is -2.32. The number of aromatic nitrogens is 2. The summed E-state index contributed by atoms with van der Waals surface area (Å²) < 4.78 is 44.5. The Bertz CT molecular complexity index is 2010. The van der Waals surface area contributed by atoms with Crippen molar-refractivity contribution in [2.75, 3.05) is 31.1 Å². The van der Waals surface area contributed by atoms with Gasteiger partial charge in [-0.05, 0) is 58.8 Å². The van der Waals surface area contributed by atoms with E-state index >= 15 is 0 Å². The van der Waals surface area contributed by atoms with Gasteiger partial charge in [-0.15, -0.1) is 0 Å². The van der Waals surface area contributed by atoms with E-state index in [4.69, 9.17) is 0 Å². The molecule has 0 amide bonds. The molecule has 2 aromatic heterocycles. The summed E-state index contributed by atoms with van der Waals surface area (Å²) in [6, 6.07) is 27.1. The van der Waals surface area contributed by atoms with Gasteiger partial charge in [-0.2, -0.15) is 13.2 Å². The molecule has 6 aromatic rings. The van der Waals surface area contributed by atoms with Gasteiger partial charge in [0.15, 0.2) is 0 Å². The van der Waals surface area contributed by atoms with Crippen molar-refractivity contribution in [3.05, 3.63) is 113 Å². The summed E-state index contributed by atoms with van der Waals surface area (Å²) in [5.74, 6) is 0. The van der Waals surface area contributed by atoms with Crippen LogP contribution in [0, 0.1) is 0 Å². The lowest BCUT2D eigenvalue weighted by molar-refractivity contribution is -0.137. The molecule has 1 fully saturated rings. The standard InChI is InChI=1S/C33H25F3N4O/c34-33(35,36)28-19-26(10-11-30(28)39-15-13-37-14-16-39)40-31(41)12-9-22-7-5-21-6-8-23(18-27(21)32(22)40)25-17-24-3-1-2-4-29(24)38-20-25/h1-12,17-20,37H,13-16H2. The molecule has 1 aliphatic rings. The number of para-hydroxylation sites is 1. The number of rotatable bonds is 3. The van der Waals surface area contributed by atoms with Gasteiger partial charge in [0, 0.05) is 66.2 Å². The summed E-state index contributed by atoms with van der Waals surface area (Å²) in [5, 5.41) is 6.58. The fourth-order valence-corrected chi connectivity index (χ4v) is 5.79. The molecular weight excluding hydrogens is 525 g/mol. The number of anilines is 1. The molecule has 3 heterocycles. The second-order valence-corrected chi connectivity index (χ2v) is 10.3. The van der Waals surface area contributed by atoms with Gasteiger partial charge >= 0.3 is 6.18 Å². The highest BCUT2D eigenvalue weighted by atomic mass is 19.4. The molecule has 5 nitrogen and oxygen atoms in total. The van der Waals surface area contributed by atoms with Gasteiger partial charge < -0.3 is 10.2 Å². The lowest BCUT2D eigenvalue weighted by atomic mass is 9.99. The van der Waals surface area contributed by atoms with Crippen LogP contribution < -0.4 is 15.8 Å². The number of hydrogen-bond acceptors (Lipinski definition) is 4. The smallest absolute Gasteiger partial charge is 0.368 e. The van der Waals surface area contributed by atoms with E-state index in [2.05, 4.69) is 16.4 Å². The molecule has 0 radical (unpaired) electrons. The molecule has 8 heteroatoms. The number of alkyl halides is 3. The van der Waals surface area contributed by atoms with Crippen molar-refractivity contribution in [3.8, 4) is 16.8 Å². The number of benzene rings is 4. The number of piperazine rings is 1. The number of pyridine rings is 2. The van der Waals surface area contributed by atoms with Crippen molar-refractivity contribution in [2.24, 2.45) is 0 Å². The number of fused-ring (bicyclic) bond motifs is 4. The van der Waals surface area contributed by atoms with Gasteiger partial charge in [0.05, 0.1) is 16.6 Å². The van der Waals surface area contributed by atoms with Crippen molar-refractivity contribution < 1.29 is 13.2 Å². The van der Waals surface area contributed by atoms with Crippen molar-refractivity contribution in [1.29, 1.82) is 0 Å². The Balaban J connectivity index is 1.45. The van der Waals surface area contributed by atoms with Crippen LogP contribution in [0.3, 0.4) is 0 Å². The van der Waals surface area contributed by atoms with E-state index in [1.165, 1.54) is 16.7 Å². The summed E-state index contributed by atoms with van der Waals surface area (Å²) >= 11 is 0. The van der Waals surface area contributed by atoms with Crippen LogP contribution >= 0.6 is 0 Å². The van der Waals surface area contributed by atoms with Crippen LogP contribution in [0.4, 0.5) is 18.9 Å². The fraction of sp³-hybridized carbons (Fsp3) is 0.152. The number of halogens is 3. The Hall–Kier alpha value is -4.69. The topological polar surface area (TPSA) is 50.2 Å². The van der Waals surface area contributed by atoms with Crippen molar-refractivity contribution in [1.82, 2.24) is 14.9 Å². The first-order chi connectivity index (χ1) is 19.9. The zero-order chi connectivity index (χ0) is 28.1. The second-order valence-electron chi connectivity index (χ2n) is 10.3. The Kier molecular flexibility index (Phi) is 6.01. The summed E-state index contributed by atoms with van der Waals surface area (Å²) in [6.07, 6.45) is -2.77. The number of nitrogens with zero attached hydrogens (tertiary/aromatic N) is 3. The van der Waals surface area contributed by atoms with Crippen LogP contribution in [0.5, 0.6) is 0 Å². The first kappa shape index (κ1) is 25.3. The second kappa shape index (κ2) is 9.74. The average molecular weight is 551 g/mol. The minimum absolute atomic E-state index is 0.131. The third kappa shape index (κ3) is 4.50. The molecule has 0 bridgehead atoms. The van der Waals surface area contributed by atoms with Gasteiger partial charge in [-0.25, -0.2) is 0 Å². The fourth-order valence-electron chi connectivity index (χ4n) is 5.79. The maximum absolute atomic E-state index is 14.4. The van der Waals surface area contributed by atoms with E-state index in [1.807, 2.05) is 60.8 Å². The number of nitrogens with one attached hydrogen (secondary N) is 1. The largest absolute Gasteiger partial charge is 0.418 e. The van der Waals surface area contributed by atoms with Crippen LogP contribution in [-0.2, 0) is 6.18 Å². The molecule has 1 saturated heterocycles. The average Bonchev–Trinajstić information content (AvgIpc) is 3.00. The minimum atomic E-state index is -4.58. The van der Waals surface area contributed by atoms with Gasteiger partial charge in [-0.3, -0.25) is 14.3 Å². The predicted octanol–water partition coefficient (Wildman–Crippen LogP) is 6.79. The van der Waals surface area contributed by atoms with E-state index in [-0.39, 0.29) is 11.4 Å². The van der Waals surface area contributed by atoms with Gasteiger partial charge in [0.25, 0.3) is 5.56 Å². The number of hydrogen-bond donors (Lipinski definition) is 1. The van der Waals surface area contributed by atoms with E-state index in [0.717, 1.165) is 44.3 Å². The van der Waals surface area contributed by atoms with Crippen molar-refractivity contribution >= 4 is 38.3 Å². The molecule has 1 N–H and O–H groups in total. The van der Waals surface area contributed by atoms with E-state index in [9.17, 15) is 18.0 Å². The molecule has 0 aliphatic carbocycles. The van der Waals surface area contributed by atoms with Crippen LogP contribution in [0.1, 0.15) is 5.56 Å². The SMILES string of the molecule is O=c1ccc2ccc3ccc(-c4cnc5ccccc5c4)cc3c2n1-c1ccc(N2CCNCC2)c(C(F)(F)F)c1. The van der Waals surface area contributed by atoms with E-state index in [1.54, 1.807) is 17.0 Å². The zero-order valence-electron chi connectivity index (χ0n) is 21.9. The molecule has 7 rings (SSSR count). The molecular formula is C33H25F3N4O. The zero-order valence-corrected chi connectivity index (χ0v) is 21.9.